The molecule has 2 aliphatic carbocycles. The van der Waals surface area contributed by atoms with E-state index < -0.39 is 0 Å². The Hall–Kier alpha value is -0.730. The summed E-state index contributed by atoms with van der Waals surface area (Å²) in [6.07, 6.45) is 4.08. The highest BCUT2D eigenvalue weighted by atomic mass is 35.5. The van der Waals surface area contributed by atoms with Crippen LogP contribution in [0.2, 0.25) is 5.02 Å². The number of rotatable bonds is 3. The first-order valence-corrected chi connectivity index (χ1v) is 7.91. The average Bonchev–Trinajstić information content (AvgIpc) is 2.72. The van der Waals surface area contributed by atoms with Crippen LogP contribution in [0.1, 0.15) is 45.6 Å². The Morgan fingerprint density at radius 1 is 1.35 bits per heavy atom. The summed E-state index contributed by atoms with van der Waals surface area (Å²) in [7, 11) is 0. The molecule has 3 atom stereocenters. The van der Waals surface area contributed by atoms with E-state index in [4.69, 9.17) is 22.1 Å². The van der Waals surface area contributed by atoms with Crippen molar-refractivity contribution in [1.29, 1.82) is 0 Å². The second kappa shape index (κ2) is 4.64. The summed E-state index contributed by atoms with van der Waals surface area (Å²) in [4.78, 5) is 0. The smallest absolute Gasteiger partial charge is 0.121 e. The highest BCUT2D eigenvalue weighted by Crippen LogP contribution is 2.66. The second-order valence-electron chi connectivity index (χ2n) is 7.17. The minimum Gasteiger partial charge on any atom is -0.490 e. The molecule has 2 aliphatic rings. The molecule has 1 aromatic rings. The Balaban J connectivity index is 1.81. The third-order valence-electron chi connectivity index (χ3n) is 6.24. The van der Waals surface area contributed by atoms with Crippen LogP contribution >= 0.6 is 11.6 Å². The highest BCUT2D eigenvalue weighted by molar-refractivity contribution is 6.31. The number of fused-ring (bicyclic) bond motifs is 2. The van der Waals surface area contributed by atoms with E-state index in [0.717, 1.165) is 17.2 Å². The maximum Gasteiger partial charge on any atom is 0.121 e. The standard InChI is InChI=1S/C17H24ClNO/c1-16(2)12-6-7-17(16,3)15(8-12)20-13-5-4-11(10-19)14(18)9-13/h4-5,9,12,15H,6-8,10,19H2,1-3H3. The molecule has 3 heteroatoms. The monoisotopic (exact) mass is 293 g/mol. The fourth-order valence-electron chi connectivity index (χ4n) is 4.24. The van der Waals surface area contributed by atoms with Gasteiger partial charge in [0.1, 0.15) is 11.9 Å². The predicted octanol–water partition coefficient (Wildman–Crippen LogP) is 4.39. The summed E-state index contributed by atoms with van der Waals surface area (Å²) in [5.41, 5.74) is 7.26. The maximum absolute atomic E-state index is 6.30. The van der Waals surface area contributed by atoms with Crippen molar-refractivity contribution in [1.82, 2.24) is 0 Å². The van der Waals surface area contributed by atoms with Gasteiger partial charge in [-0.15, -0.1) is 0 Å². The summed E-state index contributed by atoms with van der Waals surface area (Å²) in [5.74, 6) is 1.66. The molecule has 0 radical (unpaired) electrons. The summed E-state index contributed by atoms with van der Waals surface area (Å²) in [6, 6.07) is 5.88. The second-order valence-corrected chi connectivity index (χ2v) is 7.58. The molecule has 0 aromatic heterocycles. The molecular weight excluding hydrogens is 270 g/mol. The lowest BCUT2D eigenvalue weighted by molar-refractivity contribution is 0.0302. The summed E-state index contributed by atoms with van der Waals surface area (Å²) in [6.45, 7) is 7.66. The van der Waals surface area contributed by atoms with Gasteiger partial charge in [-0.05, 0) is 48.3 Å². The van der Waals surface area contributed by atoms with E-state index in [0.29, 0.717) is 23.1 Å². The Bertz CT molecular complexity index is 528. The molecule has 0 spiro atoms. The quantitative estimate of drug-likeness (QED) is 0.897. The first-order valence-electron chi connectivity index (χ1n) is 7.53. The lowest BCUT2D eigenvalue weighted by Gasteiger charge is -2.38. The third kappa shape index (κ3) is 1.88. The maximum atomic E-state index is 6.30. The fraction of sp³-hybridized carbons (Fsp3) is 0.647. The fourth-order valence-corrected chi connectivity index (χ4v) is 4.49. The van der Waals surface area contributed by atoms with Gasteiger partial charge in [0.05, 0.1) is 0 Å². The van der Waals surface area contributed by atoms with Crippen molar-refractivity contribution in [3.05, 3.63) is 28.8 Å². The van der Waals surface area contributed by atoms with Gasteiger partial charge in [0.2, 0.25) is 0 Å². The zero-order valence-electron chi connectivity index (χ0n) is 12.6. The molecule has 0 aliphatic heterocycles. The van der Waals surface area contributed by atoms with Crippen molar-refractivity contribution in [3.63, 3.8) is 0 Å². The van der Waals surface area contributed by atoms with Gasteiger partial charge in [-0.3, -0.25) is 0 Å². The van der Waals surface area contributed by atoms with Crippen LogP contribution in [0.5, 0.6) is 5.75 Å². The van der Waals surface area contributed by atoms with Gasteiger partial charge in [-0.2, -0.15) is 0 Å². The van der Waals surface area contributed by atoms with E-state index in [-0.39, 0.29) is 5.41 Å². The lowest BCUT2D eigenvalue weighted by Crippen LogP contribution is -2.38. The molecule has 3 unspecified atom stereocenters. The zero-order valence-corrected chi connectivity index (χ0v) is 13.3. The van der Waals surface area contributed by atoms with E-state index in [2.05, 4.69) is 20.8 Å². The zero-order chi connectivity index (χ0) is 14.5. The van der Waals surface area contributed by atoms with Crippen LogP contribution in [-0.4, -0.2) is 6.10 Å². The molecule has 2 saturated carbocycles. The van der Waals surface area contributed by atoms with E-state index in [1.54, 1.807) is 0 Å². The molecule has 2 fully saturated rings. The molecule has 110 valence electrons. The predicted molar refractivity (Wildman–Crippen MR) is 83.0 cm³/mol. The number of benzene rings is 1. The van der Waals surface area contributed by atoms with Crippen LogP contribution in [0.4, 0.5) is 0 Å². The van der Waals surface area contributed by atoms with Gasteiger partial charge in [0, 0.05) is 17.0 Å². The van der Waals surface area contributed by atoms with Crippen LogP contribution in [0.15, 0.2) is 18.2 Å². The summed E-state index contributed by atoms with van der Waals surface area (Å²) in [5, 5.41) is 0.706. The third-order valence-corrected chi connectivity index (χ3v) is 6.59. The number of ether oxygens (including phenoxy) is 1. The highest BCUT2D eigenvalue weighted by Gasteiger charge is 2.62. The van der Waals surface area contributed by atoms with Crippen LogP contribution in [-0.2, 0) is 6.54 Å². The molecule has 2 bridgehead atoms. The van der Waals surface area contributed by atoms with Gasteiger partial charge >= 0.3 is 0 Å². The Kier molecular flexibility index (Phi) is 3.30. The summed E-state index contributed by atoms with van der Waals surface area (Å²) >= 11 is 6.22. The van der Waals surface area contributed by atoms with Gasteiger partial charge in [-0.1, -0.05) is 38.4 Å². The number of halogens is 1. The largest absolute Gasteiger partial charge is 0.490 e. The molecule has 20 heavy (non-hydrogen) atoms. The number of nitrogens with two attached hydrogens (primary N) is 1. The molecule has 0 saturated heterocycles. The number of hydrogen-bond acceptors (Lipinski definition) is 2. The SMILES string of the molecule is CC1(C)C2CCC1(C)C(Oc1ccc(CN)c(Cl)c1)C2. The normalized spacial score (nSPS) is 34.5. The van der Waals surface area contributed by atoms with Crippen LogP contribution < -0.4 is 10.5 Å². The molecule has 2 nitrogen and oxygen atoms in total. The molecular formula is C17H24ClNO. The van der Waals surface area contributed by atoms with E-state index >= 15 is 0 Å². The minimum atomic E-state index is 0.274. The van der Waals surface area contributed by atoms with Crippen molar-refractivity contribution in [2.24, 2.45) is 22.5 Å². The minimum absolute atomic E-state index is 0.274. The van der Waals surface area contributed by atoms with Crippen LogP contribution in [0, 0.1) is 16.7 Å². The first kappa shape index (κ1) is 14.2. The summed E-state index contributed by atoms with van der Waals surface area (Å²) < 4.78 is 6.30. The average molecular weight is 294 g/mol. The van der Waals surface area contributed by atoms with Crippen molar-refractivity contribution in [3.8, 4) is 5.75 Å². The topological polar surface area (TPSA) is 35.2 Å². The Morgan fingerprint density at radius 3 is 2.60 bits per heavy atom. The van der Waals surface area contributed by atoms with Crippen molar-refractivity contribution in [2.75, 3.05) is 0 Å². The molecule has 0 amide bonds. The van der Waals surface area contributed by atoms with Crippen LogP contribution in [0.25, 0.3) is 0 Å². The van der Waals surface area contributed by atoms with Crippen molar-refractivity contribution < 1.29 is 4.74 Å². The lowest BCUT2D eigenvalue weighted by atomic mass is 9.70. The van der Waals surface area contributed by atoms with Crippen molar-refractivity contribution in [2.45, 2.75) is 52.7 Å². The Morgan fingerprint density at radius 2 is 2.10 bits per heavy atom. The van der Waals surface area contributed by atoms with Crippen LogP contribution in [0.3, 0.4) is 0 Å². The number of hydrogen-bond donors (Lipinski definition) is 1. The Labute approximate surface area is 126 Å². The van der Waals surface area contributed by atoms with E-state index in [9.17, 15) is 0 Å². The van der Waals surface area contributed by atoms with Gasteiger partial charge < -0.3 is 10.5 Å². The van der Waals surface area contributed by atoms with Gasteiger partial charge in [-0.25, -0.2) is 0 Å². The van der Waals surface area contributed by atoms with E-state index in [1.807, 2.05) is 18.2 Å². The first-order chi connectivity index (χ1) is 9.38. The molecule has 3 rings (SSSR count). The molecule has 0 heterocycles. The molecule has 1 aromatic carbocycles. The van der Waals surface area contributed by atoms with E-state index in [1.165, 1.54) is 19.3 Å². The van der Waals surface area contributed by atoms with Gasteiger partial charge in [0.25, 0.3) is 0 Å². The van der Waals surface area contributed by atoms with Gasteiger partial charge in [0.15, 0.2) is 0 Å². The molecule has 2 N–H and O–H groups in total. The van der Waals surface area contributed by atoms with Crippen molar-refractivity contribution >= 4 is 11.6 Å².